The van der Waals surface area contributed by atoms with Crippen molar-refractivity contribution >= 4 is 41.5 Å². The Morgan fingerprint density at radius 1 is 1.50 bits per heavy atom. The number of benzene rings is 1. The molecule has 0 atom stereocenters. The van der Waals surface area contributed by atoms with Gasteiger partial charge in [-0.3, -0.25) is 0 Å². The number of nitrogens with two attached hydrogens (primary N) is 1. The first-order valence-corrected chi connectivity index (χ1v) is 6.17. The summed E-state index contributed by atoms with van der Waals surface area (Å²) in [6.45, 7) is -0.0816. The third kappa shape index (κ3) is 7.09. The standard InChI is InChI=1S/C12H16ClF2N3O.HI/c1-2-5-17-12(16)18-7-8-6-9(13)3-4-10(8)19-11(14)15;/h3-4,6,11H,2,5,7H2,1H3,(H3,16,17,18);1H. The Hall–Kier alpha value is -0.830. The molecule has 1 rings (SSSR count). The number of halogens is 4. The normalized spacial score (nSPS) is 11.2. The quantitative estimate of drug-likeness (QED) is 0.422. The maximum absolute atomic E-state index is 12.2. The van der Waals surface area contributed by atoms with Crippen molar-refractivity contribution in [2.24, 2.45) is 10.7 Å². The fraction of sp³-hybridized carbons (Fsp3) is 0.417. The van der Waals surface area contributed by atoms with Crippen LogP contribution in [0.25, 0.3) is 0 Å². The zero-order valence-corrected chi connectivity index (χ0v) is 14.0. The predicted molar refractivity (Wildman–Crippen MR) is 87.1 cm³/mol. The fourth-order valence-corrected chi connectivity index (χ4v) is 1.56. The van der Waals surface area contributed by atoms with Crippen molar-refractivity contribution < 1.29 is 13.5 Å². The van der Waals surface area contributed by atoms with Gasteiger partial charge in [0.15, 0.2) is 5.96 Å². The van der Waals surface area contributed by atoms with E-state index in [0.29, 0.717) is 17.1 Å². The van der Waals surface area contributed by atoms with Gasteiger partial charge in [0.2, 0.25) is 0 Å². The number of nitrogens with zero attached hydrogens (tertiary/aromatic N) is 1. The first-order chi connectivity index (χ1) is 9.02. The summed E-state index contributed by atoms with van der Waals surface area (Å²) in [5.41, 5.74) is 6.07. The second kappa shape index (κ2) is 9.98. The molecule has 114 valence electrons. The number of aliphatic imine (C=N–C) groups is 1. The highest BCUT2D eigenvalue weighted by molar-refractivity contribution is 14.0. The Morgan fingerprint density at radius 2 is 2.20 bits per heavy atom. The van der Waals surface area contributed by atoms with Crippen molar-refractivity contribution in [1.29, 1.82) is 0 Å². The summed E-state index contributed by atoms with van der Waals surface area (Å²) in [6.07, 6.45) is 0.910. The first-order valence-electron chi connectivity index (χ1n) is 5.80. The van der Waals surface area contributed by atoms with Gasteiger partial charge < -0.3 is 15.8 Å². The molecule has 0 aliphatic carbocycles. The molecule has 0 heterocycles. The predicted octanol–water partition coefficient (Wildman–Crippen LogP) is 3.37. The molecule has 0 aliphatic rings. The molecule has 1 aromatic rings. The van der Waals surface area contributed by atoms with Crippen molar-refractivity contribution in [2.45, 2.75) is 26.5 Å². The van der Waals surface area contributed by atoms with E-state index in [1.807, 2.05) is 6.92 Å². The van der Waals surface area contributed by atoms with Crippen LogP contribution in [0.15, 0.2) is 23.2 Å². The molecule has 0 saturated heterocycles. The molecular weight excluding hydrogens is 403 g/mol. The maximum Gasteiger partial charge on any atom is 0.387 e. The van der Waals surface area contributed by atoms with Crippen LogP contribution in [-0.2, 0) is 6.54 Å². The number of hydrogen-bond acceptors (Lipinski definition) is 2. The number of rotatable bonds is 6. The highest BCUT2D eigenvalue weighted by Gasteiger charge is 2.10. The molecule has 20 heavy (non-hydrogen) atoms. The fourth-order valence-electron chi connectivity index (χ4n) is 1.36. The Balaban J connectivity index is 0.00000361. The van der Waals surface area contributed by atoms with E-state index < -0.39 is 6.61 Å². The summed E-state index contributed by atoms with van der Waals surface area (Å²) >= 11 is 5.81. The van der Waals surface area contributed by atoms with Crippen molar-refractivity contribution in [3.05, 3.63) is 28.8 Å². The van der Waals surface area contributed by atoms with Crippen LogP contribution in [0, 0.1) is 0 Å². The lowest BCUT2D eigenvalue weighted by Crippen LogP contribution is -2.32. The molecule has 0 fully saturated rings. The lowest BCUT2D eigenvalue weighted by Gasteiger charge is -2.10. The van der Waals surface area contributed by atoms with Gasteiger partial charge in [-0.05, 0) is 24.6 Å². The van der Waals surface area contributed by atoms with E-state index >= 15 is 0 Å². The number of ether oxygens (including phenoxy) is 1. The summed E-state index contributed by atoms with van der Waals surface area (Å²) in [4.78, 5) is 4.04. The highest BCUT2D eigenvalue weighted by atomic mass is 127. The molecule has 1 aromatic carbocycles. The molecule has 3 N–H and O–H groups in total. The molecule has 0 saturated carbocycles. The molecule has 0 aromatic heterocycles. The van der Waals surface area contributed by atoms with Gasteiger partial charge in [0, 0.05) is 17.1 Å². The summed E-state index contributed by atoms with van der Waals surface area (Å²) in [7, 11) is 0. The van der Waals surface area contributed by atoms with Gasteiger partial charge >= 0.3 is 6.61 Å². The Labute approximate surface area is 138 Å². The summed E-state index contributed by atoms with van der Waals surface area (Å²) in [6, 6.07) is 4.38. The van der Waals surface area contributed by atoms with E-state index in [4.69, 9.17) is 17.3 Å². The maximum atomic E-state index is 12.2. The van der Waals surface area contributed by atoms with Gasteiger partial charge in [0.1, 0.15) is 5.75 Å². The second-order valence-electron chi connectivity index (χ2n) is 3.76. The summed E-state index contributed by atoms with van der Waals surface area (Å²) in [5, 5.41) is 3.31. The zero-order chi connectivity index (χ0) is 14.3. The van der Waals surface area contributed by atoms with Gasteiger partial charge in [0.05, 0.1) is 6.54 Å². The molecule has 0 amide bonds. The van der Waals surface area contributed by atoms with Gasteiger partial charge in [0.25, 0.3) is 0 Å². The molecule has 0 aliphatic heterocycles. The van der Waals surface area contributed by atoms with Gasteiger partial charge in [-0.1, -0.05) is 18.5 Å². The number of alkyl halides is 2. The van der Waals surface area contributed by atoms with E-state index in [2.05, 4.69) is 15.0 Å². The smallest absolute Gasteiger partial charge is 0.387 e. The molecule has 4 nitrogen and oxygen atoms in total. The lowest BCUT2D eigenvalue weighted by atomic mass is 10.2. The largest absolute Gasteiger partial charge is 0.434 e. The zero-order valence-electron chi connectivity index (χ0n) is 10.9. The van der Waals surface area contributed by atoms with Crippen LogP contribution < -0.4 is 15.8 Å². The van der Waals surface area contributed by atoms with Crippen molar-refractivity contribution in [2.75, 3.05) is 6.54 Å². The Bertz CT molecular complexity index is 447. The van der Waals surface area contributed by atoms with Crippen LogP contribution in [0.1, 0.15) is 18.9 Å². The number of hydrogen-bond donors (Lipinski definition) is 2. The van der Waals surface area contributed by atoms with Crippen LogP contribution in [0.5, 0.6) is 5.75 Å². The van der Waals surface area contributed by atoms with E-state index in [9.17, 15) is 8.78 Å². The average molecular weight is 420 g/mol. The van der Waals surface area contributed by atoms with E-state index in [1.165, 1.54) is 18.2 Å². The second-order valence-corrected chi connectivity index (χ2v) is 4.20. The van der Waals surface area contributed by atoms with Crippen LogP contribution in [0.2, 0.25) is 5.02 Å². The summed E-state index contributed by atoms with van der Waals surface area (Å²) in [5.74, 6) is 0.302. The van der Waals surface area contributed by atoms with Crippen LogP contribution in [-0.4, -0.2) is 19.1 Å². The number of guanidine groups is 1. The topological polar surface area (TPSA) is 59.6 Å². The lowest BCUT2D eigenvalue weighted by molar-refractivity contribution is -0.0504. The Kier molecular flexibility index (Phi) is 9.56. The molecule has 0 bridgehead atoms. The van der Waals surface area contributed by atoms with Gasteiger partial charge in [-0.15, -0.1) is 24.0 Å². The van der Waals surface area contributed by atoms with Gasteiger partial charge in [-0.2, -0.15) is 8.78 Å². The minimum atomic E-state index is -2.89. The van der Waals surface area contributed by atoms with Crippen LogP contribution >= 0.6 is 35.6 Å². The third-order valence-electron chi connectivity index (χ3n) is 2.21. The highest BCUT2D eigenvalue weighted by Crippen LogP contribution is 2.25. The molecule has 8 heteroatoms. The average Bonchev–Trinajstić information content (AvgIpc) is 2.36. The molecule has 0 unspecified atom stereocenters. The van der Waals surface area contributed by atoms with Gasteiger partial charge in [-0.25, -0.2) is 4.99 Å². The Morgan fingerprint density at radius 3 is 2.80 bits per heavy atom. The van der Waals surface area contributed by atoms with Crippen LogP contribution in [0.4, 0.5) is 8.78 Å². The van der Waals surface area contributed by atoms with Crippen molar-refractivity contribution in [3.63, 3.8) is 0 Å². The van der Waals surface area contributed by atoms with E-state index in [1.54, 1.807) is 0 Å². The third-order valence-corrected chi connectivity index (χ3v) is 2.45. The van der Waals surface area contributed by atoms with Crippen molar-refractivity contribution in [1.82, 2.24) is 5.32 Å². The molecular formula is C12H17ClF2IN3O. The minimum absolute atomic E-state index is 0. The monoisotopic (exact) mass is 419 g/mol. The number of nitrogens with one attached hydrogen (secondary N) is 1. The van der Waals surface area contributed by atoms with Crippen molar-refractivity contribution in [3.8, 4) is 5.75 Å². The molecule has 0 spiro atoms. The van der Waals surface area contributed by atoms with E-state index in [-0.39, 0.29) is 42.2 Å². The van der Waals surface area contributed by atoms with Crippen LogP contribution in [0.3, 0.4) is 0 Å². The minimum Gasteiger partial charge on any atom is -0.434 e. The summed E-state index contributed by atoms with van der Waals surface area (Å²) < 4.78 is 28.9. The molecule has 0 radical (unpaired) electrons. The SMILES string of the molecule is CCCNC(N)=NCc1cc(Cl)ccc1OC(F)F.I. The first kappa shape index (κ1) is 19.2. The van der Waals surface area contributed by atoms with E-state index in [0.717, 1.165) is 6.42 Å².